The van der Waals surface area contributed by atoms with Gasteiger partial charge in [-0.25, -0.2) is 0 Å². The zero-order chi connectivity index (χ0) is 10.6. The first-order valence-electron chi connectivity index (χ1n) is 3.11. The van der Waals surface area contributed by atoms with Gasteiger partial charge in [0.05, 0.1) is 5.97 Å². The standard InChI is InChI=1S/C6H8O7.Fe/c7-3(8)1-6(13,5(11)12)2-4(9)10;/h13H,1-2H2,(H,7,8)(H,9,10)(H,11,12);/q;+2/p-3. The van der Waals surface area contributed by atoms with Gasteiger partial charge in [0.1, 0.15) is 5.60 Å². The van der Waals surface area contributed by atoms with Gasteiger partial charge in [0.25, 0.3) is 0 Å². The molecule has 80 valence electrons. The fourth-order valence-electron chi connectivity index (χ4n) is 0.684. The van der Waals surface area contributed by atoms with Crippen LogP contribution in [-0.2, 0) is 31.5 Å². The van der Waals surface area contributed by atoms with Gasteiger partial charge >= 0.3 is 17.1 Å². The topological polar surface area (TPSA) is 141 Å². The van der Waals surface area contributed by atoms with Crippen LogP contribution < -0.4 is 15.3 Å². The van der Waals surface area contributed by atoms with Gasteiger partial charge in [0.15, 0.2) is 0 Å². The molecule has 0 saturated heterocycles. The van der Waals surface area contributed by atoms with Crippen LogP contribution in [0.15, 0.2) is 0 Å². The predicted molar refractivity (Wildman–Crippen MR) is 29.2 cm³/mol. The van der Waals surface area contributed by atoms with Crippen molar-refractivity contribution in [3.8, 4) is 0 Å². The molecule has 0 radical (unpaired) electrons. The molecule has 0 heterocycles. The number of carbonyl (C=O) groups excluding carboxylic acids is 3. The molecule has 0 saturated carbocycles. The Morgan fingerprint density at radius 3 is 1.43 bits per heavy atom. The monoisotopic (exact) mass is 245 g/mol. The van der Waals surface area contributed by atoms with E-state index in [9.17, 15) is 29.7 Å². The zero-order valence-electron chi connectivity index (χ0n) is 6.66. The van der Waals surface area contributed by atoms with Gasteiger partial charge in [-0.05, 0) is 0 Å². The van der Waals surface area contributed by atoms with Crippen LogP contribution in [0, 0.1) is 0 Å². The van der Waals surface area contributed by atoms with Gasteiger partial charge in [0, 0.05) is 24.8 Å². The summed E-state index contributed by atoms with van der Waals surface area (Å²) in [5.41, 5.74) is -2.97. The van der Waals surface area contributed by atoms with Crippen LogP contribution in [-0.4, -0.2) is 28.6 Å². The van der Waals surface area contributed by atoms with Gasteiger partial charge in [-0.2, -0.15) is 0 Å². The second-order valence-electron chi connectivity index (χ2n) is 2.42. The molecule has 1 N–H and O–H groups in total. The first kappa shape index (κ1) is 15.4. The number of aliphatic hydroxyl groups is 1. The summed E-state index contributed by atoms with van der Waals surface area (Å²) >= 11 is 0. The Bertz CT molecular complexity index is 233. The third kappa shape index (κ3) is 4.80. The van der Waals surface area contributed by atoms with Crippen LogP contribution in [0.2, 0.25) is 0 Å². The van der Waals surface area contributed by atoms with Gasteiger partial charge in [-0.15, -0.1) is 0 Å². The quantitative estimate of drug-likeness (QED) is 0.477. The first-order chi connectivity index (χ1) is 5.78. The number of carbonyl (C=O) groups is 3. The number of hydrogen-bond donors (Lipinski definition) is 1. The summed E-state index contributed by atoms with van der Waals surface area (Å²) in [7, 11) is 0. The Balaban J connectivity index is 0. The molecule has 0 fully saturated rings. The average molecular weight is 245 g/mol. The Morgan fingerprint density at radius 2 is 1.29 bits per heavy atom. The van der Waals surface area contributed by atoms with Crippen LogP contribution in [0.5, 0.6) is 0 Å². The van der Waals surface area contributed by atoms with Crippen molar-refractivity contribution in [1.82, 2.24) is 0 Å². The normalized spacial score (nSPS) is 10.1. The summed E-state index contributed by atoms with van der Waals surface area (Å²) in [6.45, 7) is 0. The fourth-order valence-corrected chi connectivity index (χ4v) is 0.684. The molecule has 0 aromatic carbocycles. The molecule has 0 atom stereocenters. The Hall–Kier alpha value is -1.11. The molecule has 0 aliphatic heterocycles. The van der Waals surface area contributed by atoms with Crippen molar-refractivity contribution in [3.05, 3.63) is 0 Å². The minimum absolute atomic E-state index is 0. The molecule has 0 unspecified atom stereocenters. The van der Waals surface area contributed by atoms with Crippen LogP contribution in [0.1, 0.15) is 12.8 Å². The molecule has 8 heteroatoms. The molecule has 14 heavy (non-hydrogen) atoms. The van der Waals surface area contributed by atoms with Crippen molar-refractivity contribution in [2.45, 2.75) is 18.4 Å². The van der Waals surface area contributed by atoms with Crippen molar-refractivity contribution < 1.29 is 51.9 Å². The van der Waals surface area contributed by atoms with Crippen LogP contribution in [0.3, 0.4) is 0 Å². The van der Waals surface area contributed by atoms with Crippen LogP contribution >= 0.6 is 0 Å². The molecule has 0 aromatic heterocycles. The maximum Gasteiger partial charge on any atom is 2.00 e. The van der Waals surface area contributed by atoms with E-state index in [1.165, 1.54) is 0 Å². The fraction of sp³-hybridized carbons (Fsp3) is 0.500. The third-order valence-electron chi connectivity index (χ3n) is 1.25. The van der Waals surface area contributed by atoms with Crippen LogP contribution in [0.4, 0.5) is 0 Å². The summed E-state index contributed by atoms with van der Waals surface area (Å²) in [5.74, 6) is -5.98. The van der Waals surface area contributed by atoms with E-state index in [2.05, 4.69) is 0 Å². The zero-order valence-corrected chi connectivity index (χ0v) is 7.77. The summed E-state index contributed by atoms with van der Waals surface area (Å²) in [4.78, 5) is 30.0. The van der Waals surface area contributed by atoms with Crippen molar-refractivity contribution >= 4 is 17.9 Å². The maximum atomic E-state index is 10.1. The Labute approximate surface area is 88.8 Å². The van der Waals surface area contributed by atoms with Crippen LogP contribution in [0.25, 0.3) is 0 Å². The van der Waals surface area contributed by atoms with E-state index in [1.807, 2.05) is 0 Å². The Kier molecular flexibility index (Phi) is 6.13. The summed E-state index contributed by atoms with van der Waals surface area (Å²) in [6.07, 6.45) is -2.72. The predicted octanol–water partition coefficient (Wildman–Crippen LogP) is -5.26. The molecular weight excluding hydrogens is 240 g/mol. The maximum absolute atomic E-state index is 10.1. The summed E-state index contributed by atoms with van der Waals surface area (Å²) < 4.78 is 0. The largest absolute Gasteiger partial charge is 2.00 e. The second kappa shape index (κ2) is 5.58. The number of carboxylic acid groups (broad SMARTS) is 3. The van der Waals surface area contributed by atoms with E-state index in [0.29, 0.717) is 0 Å². The van der Waals surface area contributed by atoms with E-state index in [-0.39, 0.29) is 17.1 Å². The van der Waals surface area contributed by atoms with Crippen molar-refractivity contribution in [1.29, 1.82) is 0 Å². The minimum atomic E-state index is -2.97. The first-order valence-corrected chi connectivity index (χ1v) is 3.11. The molecule has 0 spiro atoms. The molecule has 0 bridgehead atoms. The molecular formula is C6H5FeO7-. The SMILES string of the molecule is O=C([O-])CC(O)(CC(=O)[O-])C(=O)[O-].[Fe+2]. The number of rotatable bonds is 5. The van der Waals surface area contributed by atoms with E-state index in [4.69, 9.17) is 5.11 Å². The van der Waals surface area contributed by atoms with E-state index in [0.717, 1.165) is 0 Å². The Morgan fingerprint density at radius 1 is 1.00 bits per heavy atom. The molecule has 7 nitrogen and oxygen atoms in total. The summed E-state index contributed by atoms with van der Waals surface area (Å²) in [5, 5.41) is 38.9. The molecule has 0 aliphatic carbocycles. The van der Waals surface area contributed by atoms with Gasteiger partial charge in [0.2, 0.25) is 0 Å². The summed E-state index contributed by atoms with van der Waals surface area (Å²) in [6, 6.07) is 0. The van der Waals surface area contributed by atoms with E-state index >= 15 is 0 Å². The second-order valence-corrected chi connectivity index (χ2v) is 2.42. The third-order valence-corrected chi connectivity index (χ3v) is 1.25. The van der Waals surface area contributed by atoms with Gasteiger partial charge in [-0.3, -0.25) is 0 Å². The van der Waals surface area contributed by atoms with E-state index < -0.39 is 36.4 Å². The number of hydrogen-bond acceptors (Lipinski definition) is 7. The minimum Gasteiger partial charge on any atom is -0.550 e. The molecule has 0 aliphatic rings. The average Bonchev–Trinajstić information content (AvgIpc) is 1.82. The molecule has 0 rings (SSSR count). The van der Waals surface area contributed by atoms with Gasteiger partial charge in [-0.1, -0.05) is 0 Å². The van der Waals surface area contributed by atoms with E-state index in [1.54, 1.807) is 0 Å². The number of aliphatic carboxylic acids is 3. The molecule has 0 aromatic rings. The van der Waals surface area contributed by atoms with Crippen molar-refractivity contribution in [2.24, 2.45) is 0 Å². The van der Waals surface area contributed by atoms with Crippen molar-refractivity contribution in [2.75, 3.05) is 0 Å². The van der Waals surface area contributed by atoms with Crippen molar-refractivity contribution in [3.63, 3.8) is 0 Å². The van der Waals surface area contributed by atoms with Gasteiger partial charge < -0.3 is 34.8 Å². The molecule has 0 amide bonds. The smallest absolute Gasteiger partial charge is 0.550 e. The number of carboxylic acids is 3.